The Hall–Kier alpha value is -0.580. The van der Waals surface area contributed by atoms with Crippen LogP contribution in [0.3, 0.4) is 0 Å². The second-order valence-electron chi connectivity index (χ2n) is 4.72. The zero-order valence-electron chi connectivity index (χ0n) is 10.5. The van der Waals surface area contributed by atoms with Crippen molar-refractivity contribution < 1.29 is 0 Å². The smallest absolute Gasteiger partial charge is 0.0534 e. The Balaban J connectivity index is 0.00000144. The van der Waals surface area contributed by atoms with Crippen LogP contribution < -0.4 is 5.73 Å². The summed E-state index contributed by atoms with van der Waals surface area (Å²) in [4.78, 5) is 2.56. The van der Waals surface area contributed by atoms with E-state index in [2.05, 4.69) is 16.2 Å². The number of piperidine rings is 1. The Morgan fingerprint density at radius 1 is 1.47 bits per heavy atom. The molecule has 0 spiro atoms. The van der Waals surface area contributed by atoms with E-state index in [0.717, 1.165) is 19.5 Å². The fourth-order valence-electron chi connectivity index (χ4n) is 2.58. The summed E-state index contributed by atoms with van der Waals surface area (Å²) in [6.07, 6.45) is 9.18. The number of aryl methyl sites for hydroxylation is 1. The van der Waals surface area contributed by atoms with Crippen molar-refractivity contribution in [2.45, 2.75) is 38.3 Å². The van der Waals surface area contributed by atoms with Gasteiger partial charge in [0.2, 0.25) is 0 Å². The molecule has 2 rings (SSSR count). The number of nitrogens with two attached hydrogens (primary N) is 1. The Kier molecular flexibility index (Phi) is 5.95. The van der Waals surface area contributed by atoms with Crippen molar-refractivity contribution in [3.63, 3.8) is 0 Å². The summed E-state index contributed by atoms with van der Waals surface area (Å²) >= 11 is 0. The summed E-state index contributed by atoms with van der Waals surface area (Å²) < 4.78 is 1.87. The van der Waals surface area contributed by atoms with Gasteiger partial charge >= 0.3 is 0 Å². The highest BCUT2D eigenvalue weighted by Gasteiger charge is 2.21. The lowest BCUT2D eigenvalue weighted by Gasteiger charge is -2.35. The van der Waals surface area contributed by atoms with Crippen molar-refractivity contribution in [3.8, 4) is 0 Å². The lowest BCUT2D eigenvalue weighted by molar-refractivity contribution is 0.134. The van der Waals surface area contributed by atoms with Gasteiger partial charge in [-0.1, -0.05) is 6.42 Å². The molecule has 1 aliphatic rings. The number of halogens is 1. The largest absolute Gasteiger partial charge is 0.330 e. The maximum Gasteiger partial charge on any atom is 0.0534 e. The zero-order valence-corrected chi connectivity index (χ0v) is 11.3. The lowest BCUT2D eigenvalue weighted by Crippen LogP contribution is -2.40. The number of nitrogens with zero attached hydrogens (tertiary/aromatic N) is 3. The van der Waals surface area contributed by atoms with E-state index in [-0.39, 0.29) is 12.4 Å². The van der Waals surface area contributed by atoms with Crippen LogP contribution in [0.5, 0.6) is 0 Å². The fourth-order valence-corrected chi connectivity index (χ4v) is 2.58. The lowest BCUT2D eigenvalue weighted by atomic mass is 9.99. The minimum absolute atomic E-state index is 0. The standard InChI is InChI=1S/C12H22N4.ClH/c1-15-9-11(8-14-15)10-16-7-3-2-4-12(16)5-6-13;/h8-9,12H,2-7,10,13H2,1H3;1H. The topological polar surface area (TPSA) is 47.1 Å². The molecule has 0 radical (unpaired) electrons. The molecule has 4 nitrogen and oxygen atoms in total. The van der Waals surface area contributed by atoms with Crippen LogP contribution in [-0.2, 0) is 13.6 Å². The summed E-state index contributed by atoms with van der Waals surface area (Å²) in [6, 6.07) is 0.680. The van der Waals surface area contributed by atoms with Gasteiger partial charge in [0, 0.05) is 31.4 Å². The Morgan fingerprint density at radius 3 is 2.94 bits per heavy atom. The molecule has 0 bridgehead atoms. The van der Waals surface area contributed by atoms with Gasteiger partial charge in [-0.3, -0.25) is 9.58 Å². The Bertz CT molecular complexity index is 324. The number of hydrogen-bond donors (Lipinski definition) is 1. The molecule has 2 N–H and O–H groups in total. The van der Waals surface area contributed by atoms with Crippen LogP contribution in [0.4, 0.5) is 0 Å². The minimum Gasteiger partial charge on any atom is -0.330 e. The number of likely N-dealkylation sites (tertiary alicyclic amines) is 1. The highest BCUT2D eigenvalue weighted by atomic mass is 35.5. The molecule has 5 heteroatoms. The first kappa shape index (κ1) is 14.5. The highest BCUT2D eigenvalue weighted by molar-refractivity contribution is 5.85. The van der Waals surface area contributed by atoms with Crippen molar-refractivity contribution in [1.82, 2.24) is 14.7 Å². The molecule has 0 aliphatic carbocycles. The Morgan fingerprint density at radius 2 is 2.29 bits per heavy atom. The molecule has 1 fully saturated rings. The Labute approximate surface area is 110 Å². The molecule has 98 valence electrons. The van der Waals surface area contributed by atoms with E-state index in [0.29, 0.717) is 6.04 Å². The van der Waals surface area contributed by atoms with Crippen molar-refractivity contribution in [2.24, 2.45) is 12.8 Å². The van der Waals surface area contributed by atoms with E-state index >= 15 is 0 Å². The fraction of sp³-hybridized carbons (Fsp3) is 0.750. The molecular formula is C12H23ClN4. The molecule has 1 saturated heterocycles. The minimum atomic E-state index is 0. The SMILES string of the molecule is Cl.Cn1cc(CN2CCCCC2CCN)cn1. The maximum atomic E-state index is 5.68. The number of aromatic nitrogens is 2. The zero-order chi connectivity index (χ0) is 11.4. The van der Waals surface area contributed by atoms with E-state index in [1.165, 1.54) is 31.4 Å². The first-order chi connectivity index (χ1) is 7.79. The first-order valence-electron chi connectivity index (χ1n) is 6.21. The van der Waals surface area contributed by atoms with Crippen molar-refractivity contribution in [2.75, 3.05) is 13.1 Å². The summed E-state index contributed by atoms with van der Waals surface area (Å²) in [5, 5.41) is 4.22. The summed E-state index contributed by atoms with van der Waals surface area (Å²) in [7, 11) is 1.97. The molecule has 2 heterocycles. The third kappa shape index (κ3) is 3.98. The average molecular weight is 259 g/mol. The van der Waals surface area contributed by atoms with Crippen LogP contribution in [0, 0.1) is 0 Å². The van der Waals surface area contributed by atoms with Crippen LogP contribution in [-0.4, -0.2) is 33.8 Å². The average Bonchev–Trinajstić information content (AvgIpc) is 2.67. The van der Waals surface area contributed by atoms with Crippen molar-refractivity contribution in [3.05, 3.63) is 18.0 Å². The number of hydrogen-bond acceptors (Lipinski definition) is 3. The normalized spacial score (nSPS) is 21.2. The van der Waals surface area contributed by atoms with Gasteiger partial charge in [0.05, 0.1) is 6.20 Å². The second kappa shape index (κ2) is 6.99. The molecule has 0 saturated carbocycles. The van der Waals surface area contributed by atoms with E-state index in [4.69, 9.17) is 5.73 Å². The quantitative estimate of drug-likeness (QED) is 0.891. The van der Waals surface area contributed by atoms with E-state index in [1.807, 2.05) is 17.9 Å². The molecule has 1 aliphatic heterocycles. The third-order valence-corrected chi connectivity index (χ3v) is 3.39. The van der Waals surface area contributed by atoms with Crippen molar-refractivity contribution >= 4 is 12.4 Å². The first-order valence-corrected chi connectivity index (χ1v) is 6.21. The maximum absolute atomic E-state index is 5.68. The highest BCUT2D eigenvalue weighted by Crippen LogP contribution is 2.21. The predicted octanol–water partition coefficient (Wildman–Crippen LogP) is 1.55. The molecule has 17 heavy (non-hydrogen) atoms. The van der Waals surface area contributed by atoms with Crippen LogP contribution in [0.25, 0.3) is 0 Å². The molecule has 1 atom stereocenters. The van der Waals surface area contributed by atoms with Gasteiger partial charge < -0.3 is 5.73 Å². The molecule has 0 amide bonds. The van der Waals surface area contributed by atoms with E-state index in [1.54, 1.807) is 0 Å². The van der Waals surface area contributed by atoms with Gasteiger partial charge in [-0.15, -0.1) is 12.4 Å². The van der Waals surface area contributed by atoms with Gasteiger partial charge in [0.15, 0.2) is 0 Å². The summed E-state index contributed by atoms with van der Waals surface area (Å²) in [5.41, 5.74) is 6.99. The third-order valence-electron chi connectivity index (χ3n) is 3.39. The van der Waals surface area contributed by atoms with Crippen LogP contribution in [0.2, 0.25) is 0 Å². The van der Waals surface area contributed by atoms with Crippen LogP contribution in [0.15, 0.2) is 12.4 Å². The summed E-state index contributed by atoms with van der Waals surface area (Å²) in [5.74, 6) is 0. The summed E-state index contributed by atoms with van der Waals surface area (Å²) in [6.45, 7) is 3.03. The number of rotatable bonds is 4. The van der Waals surface area contributed by atoms with Crippen molar-refractivity contribution in [1.29, 1.82) is 0 Å². The second-order valence-corrected chi connectivity index (χ2v) is 4.72. The van der Waals surface area contributed by atoms with E-state index in [9.17, 15) is 0 Å². The van der Waals surface area contributed by atoms with Gasteiger partial charge in [0.1, 0.15) is 0 Å². The molecule has 1 aromatic heterocycles. The van der Waals surface area contributed by atoms with Gasteiger partial charge in [-0.05, 0) is 32.4 Å². The predicted molar refractivity (Wildman–Crippen MR) is 72.2 cm³/mol. The van der Waals surface area contributed by atoms with Crippen LogP contribution in [0.1, 0.15) is 31.2 Å². The van der Waals surface area contributed by atoms with Gasteiger partial charge in [0.25, 0.3) is 0 Å². The molecule has 1 aromatic rings. The van der Waals surface area contributed by atoms with Gasteiger partial charge in [-0.2, -0.15) is 5.10 Å². The van der Waals surface area contributed by atoms with Gasteiger partial charge in [-0.25, -0.2) is 0 Å². The molecule has 0 aromatic carbocycles. The molecule has 1 unspecified atom stereocenters. The molecular weight excluding hydrogens is 236 g/mol. The van der Waals surface area contributed by atoms with E-state index < -0.39 is 0 Å². The van der Waals surface area contributed by atoms with Crippen LogP contribution >= 0.6 is 12.4 Å². The monoisotopic (exact) mass is 258 g/mol.